The average Bonchev–Trinajstić information content (AvgIpc) is 3.54. The molecule has 0 unspecified atom stereocenters. The van der Waals surface area contributed by atoms with E-state index >= 15 is 0 Å². The van der Waals surface area contributed by atoms with Crippen LogP contribution in [0.5, 0.6) is 0 Å². The Kier molecular flexibility index (Phi) is 4.13. The number of benzene rings is 1. The van der Waals surface area contributed by atoms with Crippen LogP contribution >= 0.6 is 0 Å². The van der Waals surface area contributed by atoms with Crippen LogP contribution in [0.25, 0.3) is 5.69 Å². The van der Waals surface area contributed by atoms with Crippen molar-refractivity contribution in [3.63, 3.8) is 0 Å². The fraction of sp³-hybridized carbons (Fsp3) is 0.333. The van der Waals surface area contributed by atoms with Gasteiger partial charge in [0.2, 0.25) is 5.91 Å². The summed E-state index contributed by atoms with van der Waals surface area (Å²) in [5.41, 5.74) is 0.946. The Morgan fingerprint density at radius 2 is 2.03 bits per heavy atom. The fourth-order valence-corrected chi connectivity index (χ4v) is 3.78. The minimum atomic E-state index is -2.77. The Bertz CT molecular complexity index is 1390. The second-order valence-corrected chi connectivity index (χ2v) is 8.00. The lowest BCUT2D eigenvalue weighted by molar-refractivity contribution is -0.117. The van der Waals surface area contributed by atoms with Crippen LogP contribution in [0.15, 0.2) is 18.2 Å². The molecule has 2 aliphatic rings. The number of nitrogens with one attached hydrogen (secondary N) is 3. The molecule has 3 heterocycles. The zero-order valence-electron chi connectivity index (χ0n) is 20.8. The van der Waals surface area contributed by atoms with Gasteiger partial charge < -0.3 is 20.9 Å². The Morgan fingerprint density at radius 1 is 1.21 bits per heavy atom. The van der Waals surface area contributed by atoms with Crippen LogP contribution in [-0.4, -0.2) is 50.8 Å². The molecule has 12 heteroatoms. The van der Waals surface area contributed by atoms with Crippen LogP contribution in [0.4, 0.5) is 27.3 Å². The topological polar surface area (TPSA) is 130 Å². The van der Waals surface area contributed by atoms with E-state index in [9.17, 15) is 14.0 Å². The maximum Gasteiger partial charge on any atom is 0.273 e. The van der Waals surface area contributed by atoms with Crippen molar-refractivity contribution in [2.45, 2.75) is 26.3 Å². The lowest BCUT2D eigenvalue weighted by atomic mass is 10.1. The zero-order chi connectivity index (χ0) is 25.8. The van der Waals surface area contributed by atoms with E-state index < -0.39 is 18.7 Å². The summed E-state index contributed by atoms with van der Waals surface area (Å²) in [6.45, 7) is -0.647. The first-order chi connectivity index (χ1) is 17.0. The standard InChI is InChI=1S/C21H22FN9O2/c1-10-24-17-9-30(3)19-14(6-12(22)7-15(19)31(17)29-10)25-13-8-16(26-20(32)11-4-5-11)27-28-18(13)21(33)23-2/h6-8,11H,4-5,9H2,1-3H3,(H,23,33)(H2,25,26,27,32)/i2D3. The molecule has 33 heavy (non-hydrogen) atoms. The largest absolute Gasteiger partial charge is 0.364 e. The summed E-state index contributed by atoms with van der Waals surface area (Å²) in [5, 5.41) is 19.6. The van der Waals surface area contributed by atoms with E-state index in [2.05, 4.69) is 30.9 Å². The van der Waals surface area contributed by atoms with E-state index in [1.807, 2.05) is 10.2 Å². The van der Waals surface area contributed by atoms with E-state index in [1.165, 1.54) is 18.2 Å². The molecule has 0 radical (unpaired) electrons. The van der Waals surface area contributed by atoms with Gasteiger partial charge in [0.05, 0.1) is 29.3 Å². The summed E-state index contributed by atoms with van der Waals surface area (Å²) >= 11 is 0. The Hall–Kier alpha value is -4.09. The highest BCUT2D eigenvalue weighted by molar-refractivity contribution is 6.00. The first-order valence-corrected chi connectivity index (χ1v) is 10.2. The highest BCUT2D eigenvalue weighted by atomic mass is 19.1. The van der Waals surface area contributed by atoms with Gasteiger partial charge in [-0.1, -0.05) is 0 Å². The molecule has 3 N–H and O–H groups in total. The molecule has 0 saturated heterocycles. The van der Waals surface area contributed by atoms with Crippen molar-refractivity contribution >= 4 is 34.7 Å². The van der Waals surface area contributed by atoms with Crippen molar-refractivity contribution in [2.24, 2.45) is 5.92 Å². The second-order valence-electron chi connectivity index (χ2n) is 8.00. The van der Waals surface area contributed by atoms with Gasteiger partial charge in [0.15, 0.2) is 17.3 Å². The quantitative estimate of drug-likeness (QED) is 0.533. The first-order valence-electron chi connectivity index (χ1n) is 11.7. The Labute approximate surface area is 192 Å². The van der Waals surface area contributed by atoms with Gasteiger partial charge in [0.1, 0.15) is 11.6 Å². The number of carbonyl (C=O) groups excluding carboxylic acids is 2. The molecule has 1 saturated carbocycles. The zero-order valence-corrected chi connectivity index (χ0v) is 17.8. The normalized spacial score (nSPS) is 16.1. The van der Waals surface area contributed by atoms with Crippen LogP contribution in [0.3, 0.4) is 0 Å². The minimum Gasteiger partial charge on any atom is -0.364 e. The highest BCUT2D eigenvalue weighted by Gasteiger charge is 2.30. The number of hydrogen-bond donors (Lipinski definition) is 3. The van der Waals surface area contributed by atoms with Gasteiger partial charge in [-0.2, -0.15) is 5.10 Å². The van der Waals surface area contributed by atoms with Gasteiger partial charge in [-0.15, -0.1) is 10.2 Å². The molecular formula is C21H22FN9O2. The van der Waals surface area contributed by atoms with Gasteiger partial charge in [0, 0.05) is 36.2 Å². The van der Waals surface area contributed by atoms with Gasteiger partial charge in [0.25, 0.3) is 5.91 Å². The molecule has 11 nitrogen and oxygen atoms in total. The summed E-state index contributed by atoms with van der Waals surface area (Å²) in [4.78, 5) is 31.1. The van der Waals surface area contributed by atoms with Crippen molar-refractivity contribution in [1.82, 2.24) is 30.3 Å². The average molecular weight is 454 g/mol. The SMILES string of the molecule is [2H]C([2H])([2H])NC(=O)c1nnc(NC(=O)C2CC2)cc1Nc1cc(F)cc2c1N(C)Cc1nc(C)nn1-2. The number of rotatable bonds is 5. The van der Waals surface area contributed by atoms with Crippen LogP contribution in [0.2, 0.25) is 0 Å². The van der Waals surface area contributed by atoms with Gasteiger partial charge in [-0.3, -0.25) is 9.59 Å². The van der Waals surface area contributed by atoms with Crippen LogP contribution in [-0.2, 0) is 11.3 Å². The summed E-state index contributed by atoms with van der Waals surface area (Å²) < 4.78 is 38.3. The predicted molar refractivity (Wildman–Crippen MR) is 118 cm³/mol. The van der Waals surface area contributed by atoms with E-state index in [1.54, 1.807) is 18.7 Å². The van der Waals surface area contributed by atoms with Crippen molar-refractivity contribution in [3.05, 3.63) is 41.4 Å². The van der Waals surface area contributed by atoms with E-state index in [0.29, 0.717) is 29.6 Å². The molecule has 3 aromatic rings. The van der Waals surface area contributed by atoms with Crippen LogP contribution in [0.1, 0.15) is 39.1 Å². The molecule has 1 aliphatic heterocycles. The molecule has 2 amide bonds. The number of anilines is 4. The summed E-state index contributed by atoms with van der Waals surface area (Å²) in [7, 11) is 1.80. The van der Waals surface area contributed by atoms with Gasteiger partial charge in [-0.05, 0) is 25.8 Å². The maximum absolute atomic E-state index is 14.8. The summed E-state index contributed by atoms with van der Waals surface area (Å²) in [6, 6.07) is 3.91. The number of halogens is 1. The molecule has 1 fully saturated rings. The van der Waals surface area contributed by atoms with Crippen LogP contribution in [0, 0.1) is 18.7 Å². The smallest absolute Gasteiger partial charge is 0.273 e. The Balaban J connectivity index is 1.58. The number of hydrogen-bond acceptors (Lipinski definition) is 8. The first kappa shape index (κ1) is 17.5. The van der Waals surface area contributed by atoms with Gasteiger partial charge >= 0.3 is 0 Å². The molecule has 2 aromatic heterocycles. The van der Waals surface area contributed by atoms with Crippen molar-refractivity contribution < 1.29 is 18.1 Å². The second kappa shape index (κ2) is 7.80. The third-order valence-electron chi connectivity index (χ3n) is 5.41. The maximum atomic E-state index is 14.8. The molecule has 0 spiro atoms. The third-order valence-corrected chi connectivity index (χ3v) is 5.41. The molecular weight excluding hydrogens is 429 g/mol. The predicted octanol–water partition coefficient (Wildman–Crippen LogP) is 1.91. The highest BCUT2D eigenvalue weighted by Crippen LogP contribution is 2.39. The van der Waals surface area contributed by atoms with Gasteiger partial charge in [-0.25, -0.2) is 14.1 Å². The van der Waals surface area contributed by atoms with Crippen molar-refractivity contribution in [1.29, 1.82) is 0 Å². The molecule has 0 bridgehead atoms. The molecule has 5 rings (SSSR count). The number of nitrogens with zero attached hydrogens (tertiary/aromatic N) is 6. The number of carbonyl (C=O) groups is 2. The third kappa shape index (κ3) is 3.83. The number of amides is 2. The molecule has 1 aromatic carbocycles. The fourth-order valence-electron chi connectivity index (χ4n) is 3.78. The van der Waals surface area contributed by atoms with E-state index in [-0.39, 0.29) is 34.7 Å². The molecule has 170 valence electrons. The van der Waals surface area contributed by atoms with E-state index in [4.69, 9.17) is 4.11 Å². The number of aromatic nitrogens is 5. The van der Waals surface area contributed by atoms with E-state index in [0.717, 1.165) is 12.8 Å². The minimum absolute atomic E-state index is 0.0274. The lowest BCUT2D eigenvalue weighted by Crippen LogP contribution is -2.27. The monoisotopic (exact) mass is 454 g/mol. The van der Waals surface area contributed by atoms with Crippen molar-refractivity contribution in [3.8, 4) is 5.69 Å². The van der Waals surface area contributed by atoms with Crippen molar-refractivity contribution in [2.75, 3.05) is 29.6 Å². The number of fused-ring (bicyclic) bond motifs is 3. The molecule has 1 aliphatic carbocycles. The lowest BCUT2D eigenvalue weighted by Gasteiger charge is -2.30. The molecule has 0 atom stereocenters. The number of aryl methyl sites for hydroxylation is 1. The summed E-state index contributed by atoms with van der Waals surface area (Å²) in [6.07, 6.45) is 1.55. The Morgan fingerprint density at radius 3 is 2.79 bits per heavy atom. The van der Waals surface area contributed by atoms with Crippen LogP contribution < -0.4 is 20.9 Å². The summed E-state index contributed by atoms with van der Waals surface area (Å²) in [5.74, 6) is -0.706.